The molecule has 68 valence electrons. The van der Waals surface area contributed by atoms with Crippen molar-refractivity contribution >= 4 is 33.0 Å². The number of benzene rings is 1. The Morgan fingerprint density at radius 1 is 1.54 bits per heavy atom. The van der Waals surface area contributed by atoms with Crippen LogP contribution in [-0.4, -0.2) is 5.11 Å². The summed E-state index contributed by atoms with van der Waals surface area (Å²) < 4.78 is 14.0. The molecule has 4 heteroatoms. The first-order valence-corrected chi connectivity index (χ1v) is 4.94. The maximum Gasteiger partial charge on any atom is 0.131 e. The van der Waals surface area contributed by atoms with Crippen LogP contribution in [0.3, 0.4) is 0 Å². The highest BCUT2D eigenvalue weighted by Crippen LogP contribution is 2.32. The molecule has 0 aliphatic heterocycles. The van der Waals surface area contributed by atoms with E-state index in [0.29, 0.717) is 5.02 Å². The molecular weight excluding hydrogens is 211 g/mol. The fourth-order valence-electron chi connectivity index (χ4n) is 1.23. The van der Waals surface area contributed by atoms with Gasteiger partial charge in [0.1, 0.15) is 5.82 Å². The van der Waals surface area contributed by atoms with E-state index in [-0.39, 0.29) is 12.2 Å². The van der Waals surface area contributed by atoms with Gasteiger partial charge in [0.05, 0.1) is 11.6 Å². The zero-order valence-electron chi connectivity index (χ0n) is 6.55. The summed E-state index contributed by atoms with van der Waals surface area (Å²) in [5.41, 5.74) is 0.174. The third-order valence-electron chi connectivity index (χ3n) is 1.90. The molecule has 0 fully saturated rings. The summed E-state index contributed by atoms with van der Waals surface area (Å²) in [7, 11) is 0. The van der Waals surface area contributed by atoms with Gasteiger partial charge in [-0.3, -0.25) is 0 Å². The minimum atomic E-state index is -0.442. The van der Waals surface area contributed by atoms with Gasteiger partial charge in [-0.15, -0.1) is 11.3 Å². The standard InChI is InChI=1S/C9H6ClFOS/c10-9-5-1-2-13-8(5)3-7(11)6(9)4-12/h1-3,12H,4H2. The predicted molar refractivity (Wildman–Crippen MR) is 52.7 cm³/mol. The quantitative estimate of drug-likeness (QED) is 0.776. The summed E-state index contributed by atoms with van der Waals surface area (Å²) >= 11 is 7.32. The number of halogens is 2. The van der Waals surface area contributed by atoms with Crippen LogP contribution in [-0.2, 0) is 6.61 Å². The Morgan fingerprint density at radius 2 is 2.31 bits per heavy atom. The van der Waals surface area contributed by atoms with Gasteiger partial charge in [0.2, 0.25) is 0 Å². The van der Waals surface area contributed by atoms with E-state index >= 15 is 0 Å². The molecule has 0 aliphatic rings. The molecular formula is C9H6ClFOS. The second-order valence-electron chi connectivity index (χ2n) is 2.64. The number of hydrogen-bond donors (Lipinski definition) is 1. The topological polar surface area (TPSA) is 20.2 Å². The Hall–Kier alpha value is -0.640. The number of aliphatic hydroxyl groups is 1. The molecule has 0 saturated carbocycles. The molecule has 1 N–H and O–H groups in total. The van der Waals surface area contributed by atoms with Crippen LogP contribution in [0.15, 0.2) is 17.5 Å². The zero-order valence-corrected chi connectivity index (χ0v) is 8.12. The van der Waals surface area contributed by atoms with Crippen molar-refractivity contribution in [3.63, 3.8) is 0 Å². The van der Waals surface area contributed by atoms with Crippen molar-refractivity contribution < 1.29 is 9.50 Å². The first-order chi connectivity index (χ1) is 6.24. The van der Waals surface area contributed by atoms with Gasteiger partial charge < -0.3 is 5.11 Å². The van der Waals surface area contributed by atoms with Gasteiger partial charge in [-0.2, -0.15) is 0 Å². The lowest BCUT2D eigenvalue weighted by Crippen LogP contribution is -1.90. The van der Waals surface area contributed by atoms with Gasteiger partial charge in [0.15, 0.2) is 0 Å². The Kier molecular flexibility index (Phi) is 2.24. The van der Waals surface area contributed by atoms with Crippen LogP contribution >= 0.6 is 22.9 Å². The van der Waals surface area contributed by atoms with Gasteiger partial charge >= 0.3 is 0 Å². The molecule has 1 aromatic carbocycles. The molecule has 0 atom stereocenters. The van der Waals surface area contributed by atoms with Crippen molar-refractivity contribution in [2.45, 2.75) is 6.61 Å². The zero-order chi connectivity index (χ0) is 9.42. The molecule has 0 bridgehead atoms. The molecule has 1 aromatic heterocycles. The van der Waals surface area contributed by atoms with Crippen molar-refractivity contribution in [2.24, 2.45) is 0 Å². The van der Waals surface area contributed by atoms with E-state index in [1.54, 1.807) is 0 Å². The predicted octanol–water partition coefficient (Wildman–Crippen LogP) is 3.19. The first kappa shape index (κ1) is 8.94. The highest BCUT2D eigenvalue weighted by atomic mass is 35.5. The highest BCUT2D eigenvalue weighted by Gasteiger charge is 2.11. The average Bonchev–Trinajstić information content (AvgIpc) is 2.53. The molecule has 2 rings (SSSR count). The van der Waals surface area contributed by atoms with Crippen LogP contribution in [0, 0.1) is 5.82 Å². The smallest absolute Gasteiger partial charge is 0.131 e. The summed E-state index contributed by atoms with van der Waals surface area (Å²) in [4.78, 5) is 0. The Labute approximate surface area is 83.4 Å². The van der Waals surface area contributed by atoms with E-state index in [9.17, 15) is 4.39 Å². The largest absolute Gasteiger partial charge is 0.392 e. The van der Waals surface area contributed by atoms with Crippen molar-refractivity contribution in [3.05, 3.63) is 33.9 Å². The first-order valence-electron chi connectivity index (χ1n) is 3.69. The van der Waals surface area contributed by atoms with E-state index in [4.69, 9.17) is 16.7 Å². The maximum absolute atomic E-state index is 13.2. The Morgan fingerprint density at radius 3 is 3.00 bits per heavy atom. The lowest BCUT2D eigenvalue weighted by Gasteiger charge is -2.03. The lowest BCUT2D eigenvalue weighted by atomic mass is 10.1. The van der Waals surface area contributed by atoms with E-state index < -0.39 is 5.82 Å². The van der Waals surface area contributed by atoms with Gasteiger partial charge in [0, 0.05) is 15.6 Å². The van der Waals surface area contributed by atoms with Crippen LogP contribution in [0.2, 0.25) is 5.02 Å². The van der Waals surface area contributed by atoms with Crippen molar-refractivity contribution in [2.75, 3.05) is 0 Å². The second-order valence-corrected chi connectivity index (χ2v) is 3.97. The van der Waals surface area contributed by atoms with Crippen LogP contribution in [0.25, 0.3) is 10.1 Å². The number of hydrogen-bond acceptors (Lipinski definition) is 2. The normalized spacial score (nSPS) is 11.0. The average molecular weight is 217 g/mol. The van der Waals surface area contributed by atoms with E-state index in [0.717, 1.165) is 10.1 Å². The van der Waals surface area contributed by atoms with Crippen LogP contribution in [0.5, 0.6) is 0 Å². The minimum Gasteiger partial charge on any atom is -0.392 e. The number of fused-ring (bicyclic) bond motifs is 1. The van der Waals surface area contributed by atoms with Gasteiger partial charge in [0.25, 0.3) is 0 Å². The molecule has 1 nitrogen and oxygen atoms in total. The molecule has 1 heterocycles. The minimum absolute atomic E-state index is 0.174. The number of thiophene rings is 1. The summed E-state index contributed by atoms with van der Waals surface area (Å²) in [6, 6.07) is 3.22. The summed E-state index contributed by atoms with van der Waals surface area (Å²) in [5, 5.41) is 11.8. The molecule has 13 heavy (non-hydrogen) atoms. The third kappa shape index (κ3) is 1.33. The molecule has 0 unspecified atom stereocenters. The fourth-order valence-corrected chi connectivity index (χ4v) is 2.42. The van der Waals surface area contributed by atoms with Gasteiger partial charge in [-0.1, -0.05) is 11.6 Å². The molecule has 0 amide bonds. The monoisotopic (exact) mass is 216 g/mol. The molecule has 2 aromatic rings. The Bertz CT molecular complexity index is 452. The Balaban J connectivity index is 2.85. The van der Waals surface area contributed by atoms with E-state index in [1.807, 2.05) is 11.4 Å². The van der Waals surface area contributed by atoms with Crippen molar-refractivity contribution in [3.8, 4) is 0 Å². The number of rotatable bonds is 1. The van der Waals surface area contributed by atoms with Gasteiger partial charge in [-0.05, 0) is 17.5 Å². The summed E-state index contributed by atoms with van der Waals surface area (Å²) in [6.07, 6.45) is 0. The maximum atomic E-state index is 13.2. The fraction of sp³-hybridized carbons (Fsp3) is 0.111. The van der Waals surface area contributed by atoms with Gasteiger partial charge in [-0.25, -0.2) is 4.39 Å². The van der Waals surface area contributed by atoms with Crippen molar-refractivity contribution in [1.82, 2.24) is 0 Å². The second kappa shape index (κ2) is 3.25. The van der Waals surface area contributed by atoms with Crippen molar-refractivity contribution in [1.29, 1.82) is 0 Å². The van der Waals surface area contributed by atoms with E-state index in [2.05, 4.69) is 0 Å². The summed E-state index contributed by atoms with van der Waals surface area (Å²) in [5.74, 6) is -0.442. The van der Waals surface area contributed by atoms with Crippen LogP contribution in [0.4, 0.5) is 4.39 Å². The highest BCUT2D eigenvalue weighted by molar-refractivity contribution is 7.17. The number of aliphatic hydroxyl groups excluding tert-OH is 1. The lowest BCUT2D eigenvalue weighted by molar-refractivity contribution is 0.276. The molecule has 0 radical (unpaired) electrons. The van der Waals surface area contributed by atoms with Crippen LogP contribution < -0.4 is 0 Å². The molecule has 0 aliphatic carbocycles. The van der Waals surface area contributed by atoms with E-state index in [1.165, 1.54) is 17.4 Å². The van der Waals surface area contributed by atoms with Crippen LogP contribution in [0.1, 0.15) is 5.56 Å². The molecule has 0 spiro atoms. The summed E-state index contributed by atoms with van der Waals surface area (Å²) in [6.45, 7) is -0.365. The third-order valence-corrected chi connectivity index (χ3v) is 3.20. The molecule has 0 saturated heterocycles. The SMILES string of the molecule is OCc1c(F)cc2sccc2c1Cl.